The SMILES string of the molecule is O=C(Cc1csc(N2CCNC2=O)n1)NCc1ccnc(OCc2ccccc2)c1. The third kappa shape index (κ3) is 5.12. The van der Waals surface area contributed by atoms with E-state index in [1.165, 1.54) is 11.3 Å². The van der Waals surface area contributed by atoms with E-state index in [1.54, 1.807) is 11.1 Å². The number of nitrogens with zero attached hydrogens (tertiary/aromatic N) is 3. The molecule has 1 fully saturated rings. The molecule has 0 unspecified atom stereocenters. The van der Waals surface area contributed by atoms with Crippen molar-refractivity contribution in [3.63, 3.8) is 0 Å². The Labute approximate surface area is 177 Å². The first-order chi connectivity index (χ1) is 14.7. The van der Waals surface area contributed by atoms with Gasteiger partial charge >= 0.3 is 6.03 Å². The molecule has 0 spiro atoms. The van der Waals surface area contributed by atoms with E-state index in [9.17, 15) is 9.59 Å². The number of rotatable bonds is 8. The number of carbonyl (C=O) groups excluding carboxylic acids is 2. The van der Waals surface area contributed by atoms with Crippen LogP contribution in [0.5, 0.6) is 5.88 Å². The van der Waals surface area contributed by atoms with Crippen molar-refractivity contribution in [2.45, 2.75) is 19.6 Å². The van der Waals surface area contributed by atoms with Crippen molar-refractivity contribution in [2.75, 3.05) is 18.0 Å². The molecular formula is C21H21N5O3S. The minimum Gasteiger partial charge on any atom is -0.473 e. The molecule has 0 saturated carbocycles. The molecule has 3 heterocycles. The molecule has 3 aromatic rings. The lowest BCUT2D eigenvalue weighted by atomic mass is 10.2. The largest absolute Gasteiger partial charge is 0.473 e. The van der Waals surface area contributed by atoms with E-state index in [4.69, 9.17) is 4.74 Å². The van der Waals surface area contributed by atoms with Gasteiger partial charge in [0, 0.05) is 37.3 Å². The number of urea groups is 1. The van der Waals surface area contributed by atoms with Crippen LogP contribution in [0.1, 0.15) is 16.8 Å². The second-order valence-electron chi connectivity index (χ2n) is 6.74. The molecule has 1 aliphatic rings. The summed E-state index contributed by atoms with van der Waals surface area (Å²) in [5.74, 6) is 0.375. The van der Waals surface area contributed by atoms with Crippen molar-refractivity contribution in [2.24, 2.45) is 0 Å². The highest BCUT2D eigenvalue weighted by atomic mass is 32.1. The maximum absolute atomic E-state index is 12.3. The van der Waals surface area contributed by atoms with Crippen LogP contribution in [0.25, 0.3) is 0 Å². The molecular weight excluding hydrogens is 402 g/mol. The van der Waals surface area contributed by atoms with Gasteiger partial charge in [-0.15, -0.1) is 11.3 Å². The normalized spacial score (nSPS) is 13.2. The van der Waals surface area contributed by atoms with Crippen LogP contribution in [-0.2, 0) is 24.4 Å². The first kappa shape index (κ1) is 19.8. The predicted octanol–water partition coefficient (Wildman–Crippen LogP) is 2.51. The lowest BCUT2D eigenvalue weighted by Crippen LogP contribution is -2.27. The predicted molar refractivity (Wildman–Crippen MR) is 113 cm³/mol. The number of benzene rings is 1. The van der Waals surface area contributed by atoms with Gasteiger partial charge in [-0.05, 0) is 17.2 Å². The number of carbonyl (C=O) groups is 2. The molecule has 0 radical (unpaired) electrons. The average Bonchev–Trinajstić information content (AvgIpc) is 3.40. The van der Waals surface area contributed by atoms with E-state index in [0.29, 0.717) is 42.9 Å². The molecule has 1 aromatic carbocycles. The van der Waals surface area contributed by atoms with Gasteiger partial charge in [0.25, 0.3) is 0 Å². The smallest absolute Gasteiger partial charge is 0.323 e. The second kappa shape index (κ2) is 9.36. The van der Waals surface area contributed by atoms with Crippen LogP contribution in [0.2, 0.25) is 0 Å². The third-order valence-electron chi connectivity index (χ3n) is 4.49. The van der Waals surface area contributed by atoms with Crippen molar-refractivity contribution in [3.05, 3.63) is 70.9 Å². The Morgan fingerprint density at radius 2 is 2.10 bits per heavy atom. The summed E-state index contributed by atoms with van der Waals surface area (Å²) in [5, 5.41) is 8.04. The average molecular weight is 423 g/mol. The minimum atomic E-state index is -0.150. The summed E-state index contributed by atoms with van der Waals surface area (Å²) in [5.41, 5.74) is 2.61. The second-order valence-corrected chi connectivity index (χ2v) is 7.57. The van der Waals surface area contributed by atoms with Crippen LogP contribution >= 0.6 is 11.3 Å². The summed E-state index contributed by atoms with van der Waals surface area (Å²) in [4.78, 5) is 34.2. The summed E-state index contributed by atoms with van der Waals surface area (Å²) in [6.07, 6.45) is 1.82. The van der Waals surface area contributed by atoms with Crippen LogP contribution in [0.4, 0.5) is 9.93 Å². The fourth-order valence-corrected chi connectivity index (χ4v) is 3.80. The molecule has 2 aromatic heterocycles. The highest BCUT2D eigenvalue weighted by Crippen LogP contribution is 2.22. The molecule has 8 nitrogen and oxygen atoms in total. The standard InChI is InChI=1S/C21H21N5O3S/c27-18(11-17-14-30-21(25-17)26-9-8-23-20(26)28)24-12-16-6-7-22-19(10-16)29-13-15-4-2-1-3-5-15/h1-7,10,14H,8-9,11-13H2,(H,23,28)(H,24,27). The van der Waals surface area contributed by atoms with Gasteiger partial charge < -0.3 is 15.4 Å². The van der Waals surface area contributed by atoms with E-state index in [1.807, 2.05) is 47.8 Å². The Bertz CT molecular complexity index is 1020. The summed E-state index contributed by atoms with van der Waals surface area (Å²) < 4.78 is 5.73. The van der Waals surface area contributed by atoms with E-state index in [-0.39, 0.29) is 18.4 Å². The zero-order chi connectivity index (χ0) is 20.8. The number of nitrogens with one attached hydrogen (secondary N) is 2. The van der Waals surface area contributed by atoms with Gasteiger partial charge in [-0.3, -0.25) is 9.69 Å². The molecule has 154 valence electrons. The zero-order valence-electron chi connectivity index (χ0n) is 16.2. The Balaban J connectivity index is 1.27. The highest BCUT2D eigenvalue weighted by molar-refractivity contribution is 7.14. The van der Waals surface area contributed by atoms with Crippen LogP contribution in [-0.4, -0.2) is 35.0 Å². The van der Waals surface area contributed by atoms with Crippen LogP contribution < -0.4 is 20.3 Å². The van der Waals surface area contributed by atoms with Crippen LogP contribution in [0.3, 0.4) is 0 Å². The maximum Gasteiger partial charge on any atom is 0.323 e. The van der Waals surface area contributed by atoms with Crippen molar-refractivity contribution >= 4 is 28.4 Å². The Kier molecular flexibility index (Phi) is 6.19. The van der Waals surface area contributed by atoms with Crippen LogP contribution in [0, 0.1) is 0 Å². The molecule has 1 saturated heterocycles. The summed E-state index contributed by atoms with van der Waals surface area (Å²) in [7, 11) is 0. The molecule has 30 heavy (non-hydrogen) atoms. The lowest BCUT2D eigenvalue weighted by Gasteiger charge is -2.09. The van der Waals surface area contributed by atoms with Crippen molar-refractivity contribution in [1.82, 2.24) is 20.6 Å². The van der Waals surface area contributed by atoms with Gasteiger partial charge in [-0.25, -0.2) is 14.8 Å². The topological polar surface area (TPSA) is 96.5 Å². The summed E-state index contributed by atoms with van der Waals surface area (Å²) in [6.45, 7) is 2.01. The molecule has 9 heteroatoms. The van der Waals surface area contributed by atoms with E-state index < -0.39 is 0 Å². The fourth-order valence-electron chi connectivity index (χ4n) is 2.95. The van der Waals surface area contributed by atoms with E-state index >= 15 is 0 Å². The number of pyridine rings is 1. The molecule has 4 rings (SSSR count). The van der Waals surface area contributed by atoms with Gasteiger partial charge in [0.15, 0.2) is 5.13 Å². The van der Waals surface area contributed by atoms with Gasteiger partial charge in [0.1, 0.15) is 6.61 Å². The number of hydrogen-bond donors (Lipinski definition) is 2. The fraction of sp³-hybridized carbons (Fsp3) is 0.238. The molecule has 2 N–H and O–H groups in total. The van der Waals surface area contributed by atoms with Gasteiger partial charge in [0.2, 0.25) is 11.8 Å². The highest BCUT2D eigenvalue weighted by Gasteiger charge is 2.24. The molecule has 0 aliphatic carbocycles. The summed E-state index contributed by atoms with van der Waals surface area (Å²) >= 11 is 1.36. The Morgan fingerprint density at radius 1 is 1.23 bits per heavy atom. The number of anilines is 1. The molecule has 3 amide bonds. The maximum atomic E-state index is 12.3. The van der Waals surface area contributed by atoms with Gasteiger partial charge in [-0.1, -0.05) is 30.3 Å². The van der Waals surface area contributed by atoms with Crippen LogP contribution in [0.15, 0.2) is 54.0 Å². The Morgan fingerprint density at radius 3 is 2.90 bits per heavy atom. The van der Waals surface area contributed by atoms with Gasteiger partial charge in [-0.2, -0.15) is 0 Å². The van der Waals surface area contributed by atoms with E-state index in [0.717, 1.165) is 11.1 Å². The first-order valence-corrected chi connectivity index (χ1v) is 10.4. The zero-order valence-corrected chi connectivity index (χ0v) is 17.0. The van der Waals surface area contributed by atoms with Crippen molar-refractivity contribution in [3.8, 4) is 5.88 Å². The first-order valence-electron chi connectivity index (χ1n) is 9.55. The number of aromatic nitrogens is 2. The molecule has 1 aliphatic heterocycles. The van der Waals surface area contributed by atoms with E-state index in [2.05, 4.69) is 20.6 Å². The monoisotopic (exact) mass is 423 g/mol. The number of thiazole rings is 1. The van der Waals surface area contributed by atoms with Crippen molar-refractivity contribution < 1.29 is 14.3 Å². The molecule has 0 atom stereocenters. The lowest BCUT2D eigenvalue weighted by molar-refractivity contribution is -0.120. The quantitative estimate of drug-likeness (QED) is 0.580. The number of ether oxygens (including phenoxy) is 1. The Hall–Kier alpha value is -3.46. The van der Waals surface area contributed by atoms with Crippen molar-refractivity contribution in [1.29, 1.82) is 0 Å². The number of amides is 3. The third-order valence-corrected chi connectivity index (χ3v) is 5.40. The number of hydrogen-bond acceptors (Lipinski definition) is 6. The summed E-state index contributed by atoms with van der Waals surface area (Å²) in [6, 6.07) is 13.4. The molecule has 0 bridgehead atoms. The van der Waals surface area contributed by atoms with Gasteiger partial charge in [0.05, 0.1) is 12.1 Å². The minimum absolute atomic E-state index is 0.138.